The van der Waals surface area contributed by atoms with E-state index in [1.807, 2.05) is 0 Å². The van der Waals surface area contributed by atoms with Crippen molar-refractivity contribution in [2.45, 2.75) is 129 Å². The number of rotatable bonds is 21. The minimum absolute atomic E-state index is 1.05. The Bertz CT molecular complexity index is 232. The molecule has 0 spiro atoms. The lowest BCUT2D eigenvalue weighted by Gasteiger charge is -2.19. The lowest BCUT2D eigenvalue weighted by molar-refractivity contribution is 0.305. The molecule has 0 saturated carbocycles. The third-order valence-corrected chi connectivity index (χ3v) is 6.03. The molecule has 0 aliphatic rings. The van der Waals surface area contributed by atoms with Crippen molar-refractivity contribution < 1.29 is 0 Å². The molecule has 0 N–H and O–H groups in total. The zero-order chi connectivity index (χ0) is 18.4. The maximum Gasteiger partial charge on any atom is 0.0542 e. The highest BCUT2D eigenvalue weighted by atomic mass is 79.9. The van der Waals surface area contributed by atoms with Gasteiger partial charge in [-0.1, -0.05) is 133 Å². The van der Waals surface area contributed by atoms with Crippen molar-refractivity contribution in [3.05, 3.63) is 0 Å². The second-order valence-electron chi connectivity index (χ2n) is 7.89. The molecular formula is C23H48BrN. The molecule has 2 heteroatoms. The van der Waals surface area contributed by atoms with Gasteiger partial charge in [0.05, 0.1) is 5.45 Å². The minimum atomic E-state index is 1.05. The second-order valence-corrected chi connectivity index (χ2v) is 8.40. The molecule has 0 saturated heterocycles. The van der Waals surface area contributed by atoms with Crippen LogP contribution in [0.25, 0.3) is 0 Å². The molecule has 0 fully saturated rings. The first-order valence-electron chi connectivity index (χ1n) is 11.6. The van der Waals surface area contributed by atoms with Crippen LogP contribution in [-0.2, 0) is 0 Å². The summed E-state index contributed by atoms with van der Waals surface area (Å²) in [5, 5.41) is 0. The average molecular weight is 419 g/mol. The summed E-state index contributed by atoms with van der Waals surface area (Å²) >= 11 is 3.65. The van der Waals surface area contributed by atoms with E-state index in [2.05, 4.69) is 34.7 Å². The van der Waals surface area contributed by atoms with Gasteiger partial charge in [0.25, 0.3) is 0 Å². The number of unbranched alkanes of at least 4 members (excludes halogenated alkanes) is 16. The van der Waals surface area contributed by atoms with Crippen LogP contribution < -0.4 is 0 Å². The monoisotopic (exact) mass is 417 g/mol. The Hall–Kier alpha value is 0.440. The predicted molar refractivity (Wildman–Crippen MR) is 120 cm³/mol. The number of halogens is 1. The number of hydrogen-bond donors (Lipinski definition) is 0. The zero-order valence-electron chi connectivity index (χ0n) is 17.7. The molecular weight excluding hydrogens is 370 g/mol. The van der Waals surface area contributed by atoms with Gasteiger partial charge in [-0.25, -0.2) is 0 Å². The Morgan fingerprint density at radius 3 is 1.04 bits per heavy atom. The largest absolute Gasteiger partial charge is 0.293 e. The summed E-state index contributed by atoms with van der Waals surface area (Å²) in [4.78, 5) is 2.58. The van der Waals surface area contributed by atoms with E-state index in [9.17, 15) is 0 Å². The SMILES string of the molecule is CCCCCCCCCCCCCCCCN(CBr)CCCCCC. The van der Waals surface area contributed by atoms with Crippen LogP contribution in [0.5, 0.6) is 0 Å². The fourth-order valence-electron chi connectivity index (χ4n) is 3.52. The maximum absolute atomic E-state index is 3.65. The standard InChI is InChI=1S/C23H48BrN/c1-3-5-7-9-10-11-12-13-14-15-16-17-18-20-22-25(23-24)21-19-8-6-4-2/h3-23H2,1-2H3. The van der Waals surface area contributed by atoms with E-state index in [1.165, 1.54) is 129 Å². The van der Waals surface area contributed by atoms with Gasteiger partial charge in [0.15, 0.2) is 0 Å². The highest BCUT2D eigenvalue weighted by molar-refractivity contribution is 9.09. The third kappa shape index (κ3) is 20.6. The molecule has 0 bridgehead atoms. The summed E-state index contributed by atoms with van der Waals surface area (Å²) < 4.78 is 0. The lowest BCUT2D eigenvalue weighted by Crippen LogP contribution is -2.24. The van der Waals surface area contributed by atoms with Crippen LogP contribution >= 0.6 is 15.9 Å². The van der Waals surface area contributed by atoms with Crippen LogP contribution in [-0.4, -0.2) is 23.4 Å². The van der Waals surface area contributed by atoms with Crippen molar-refractivity contribution >= 4 is 15.9 Å². The quantitative estimate of drug-likeness (QED) is 0.102. The Balaban J connectivity index is 3.19. The van der Waals surface area contributed by atoms with Gasteiger partial charge < -0.3 is 0 Å². The Labute approximate surface area is 168 Å². The summed E-state index contributed by atoms with van der Waals surface area (Å²) in [5.41, 5.74) is 1.05. The van der Waals surface area contributed by atoms with E-state index in [-0.39, 0.29) is 0 Å². The van der Waals surface area contributed by atoms with Gasteiger partial charge in [0.2, 0.25) is 0 Å². The van der Waals surface area contributed by atoms with E-state index in [1.54, 1.807) is 0 Å². The summed E-state index contributed by atoms with van der Waals surface area (Å²) in [7, 11) is 0. The highest BCUT2D eigenvalue weighted by Crippen LogP contribution is 2.13. The minimum Gasteiger partial charge on any atom is -0.293 e. The first kappa shape index (κ1) is 25.4. The summed E-state index contributed by atoms with van der Waals surface area (Å²) in [6, 6.07) is 0. The molecule has 0 rings (SSSR count). The van der Waals surface area contributed by atoms with Gasteiger partial charge in [0, 0.05) is 0 Å². The molecule has 0 aliphatic heterocycles. The van der Waals surface area contributed by atoms with Gasteiger partial charge in [-0.05, 0) is 25.9 Å². The van der Waals surface area contributed by atoms with E-state index in [0.717, 1.165) is 5.45 Å². The molecule has 152 valence electrons. The Kier molecular flexibility index (Phi) is 22.9. The number of nitrogens with zero attached hydrogens (tertiary/aromatic N) is 1. The molecule has 25 heavy (non-hydrogen) atoms. The van der Waals surface area contributed by atoms with Gasteiger partial charge >= 0.3 is 0 Å². The summed E-state index contributed by atoms with van der Waals surface area (Å²) in [6.45, 7) is 7.16. The molecule has 0 unspecified atom stereocenters. The molecule has 1 nitrogen and oxygen atoms in total. The van der Waals surface area contributed by atoms with E-state index in [4.69, 9.17) is 0 Å². The maximum atomic E-state index is 3.65. The first-order chi connectivity index (χ1) is 12.3. The fourth-order valence-corrected chi connectivity index (χ4v) is 4.03. The van der Waals surface area contributed by atoms with Gasteiger partial charge in [-0.2, -0.15) is 0 Å². The number of alkyl halides is 1. The molecule has 0 aromatic carbocycles. The van der Waals surface area contributed by atoms with Gasteiger partial charge in [-0.3, -0.25) is 4.90 Å². The molecule has 0 amide bonds. The summed E-state index contributed by atoms with van der Waals surface area (Å²) in [6.07, 6.45) is 25.8. The van der Waals surface area contributed by atoms with Crippen LogP contribution in [0.4, 0.5) is 0 Å². The average Bonchev–Trinajstić information content (AvgIpc) is 2.63. The number of hydrogen-bond acceptors (Lipinski definition) is 1. The van der Waals surface area contributed by atoms with E-state index < -0.39 is 0 Å². The van der Waals surface area contributed by atoms with Crippen LogP contribution in [0, 0.1) is 0 Å². The Morgan fingerprint density at radius 1 is 0.440 bits per heavy atom. The van der Waals surface area contributed by atoms with Crippen LogP contribution in [0.1, 0.15) is 129 Å². The first-order valence-corrected chi connectivity index (χ1v) is 12.8. The van der Waals surface area contributed by atoms with E-state index >= 15 is 0 Å². The molecule has 0 aliphatic carbocycles. The van der Waals surface area contributed by atoms with Crippen LogP contribution in [0.15, 0.2) is 0 Å². The summed E-state index contributed by atoms with van der Waals surface area (Å²) in [5.74, 6) is 0. The van der Waals surface area contributed by atoms with Crippen molar-refractivity contribution in [3.63, 3.8) is 0 Å². The van der Waals surface area contributed by atoms with Crippen LogP contribution in [0.2, 0.25) is 0 Å². The molecule has 0 heterocycles. The fraction of sp³-hybridized carbons (Fsp3) is 1.00. The van der Waals surface area contributed by atoms with Crippen molar-refractivity contribution in [2.75, 3.05) is 18.5 Å². The van der Waals surface area contributed by atoms with Gasteiger partial charge in [0.1, 0.15) is 0 Å². The smallest absolute Gasteiger partial charge is 0.0542 e. The van der Waals surface area contributed by atoms with Crippen molar-refractivity contribution in [1.82, 2.24) is 4.90 Å². The lowest BCUT2D eigenvalue weighted by atomic mass is 10.0. The zero-order valence-corrected chi connectivity index (χ0v) is 19.3. The van der Waals surface area contributed by atoms with Crippen LogP contribution in [0.3, 0.4) is 0 Å². The topological polar surface area (TPSA) is 3.24 Å². The van der Waals surface area contributed by atoms with E-state index in [0.29, 0.717) is 0 Å². The predicted octanol–water partition coefficient (Wildman–Crippen LogP) is 8.70. The van der Waals surface area contributed by atoms with Crippen molar-refractivity contribution in [2.24, 2.45) is 0 Å². The second kappa shape index (κ2) is 22.5. The van der Waals surface area contributed by atoms with Crippen molar-refractivity contribution in [3.8, 4) is 0 Å². The molecule has 0 atom stereocenters. The molecule has 0 aromatic heterocycles. The third-order valence-electron chi connectivity index (χ3n) is 5.32. The van der Waals surface area contributed by atoms with Crippen molar-refractivity contribution in [1.29, 1.82) is 0 Å². The molecule has 0 aromatic rings. The Morgan fingerprint density at radius 2 is 0.720 bits per heavy atom. The highest BCUT2D eigenvalue weighted by Gasteiger charge is 2.02. The molecule has 0 radical (unpaired) electrons. The normalized spacial score (nSPS) is 11.5. The van der Waals surface area contributed by atoms with Gasteiger partial charge in [-0.15, -0.1) is 0 Å².